The summed E-state index contributed by atoms with van der Waals surface area (Å²) in [6.45, 7) is 3.85. The number of hydrogen-bond donors (Lipinski definition) is 1. The summed E-state index contributed by atoms with van der Waals surface area (Å²) in [5.41, 5.74) is 0.504. The molecule has 2 rings (SSSR count). The van der Waals surface area contributed by atoms with Crippen molar-refractivity contribution in [3.05, 3.63) is 34.8 Å². The molecule has 7 nitrogen and oxygen atoms in total. The molecule has 0 spiro atoms. The van der Waals surface area contributed by atoms with Crippen molar-refractivity contribution in [1.82, 2.24) is 4.98 Å². The Balaban J connectivity index is 1.96. The fourth-order valence-electron chi connectivity index (χ4n) is 1.87. The van der Waals surface area contributed by atoms with E-state index in [1.54, 1.807) is 25.1 Å². The van der Waals surface area contributed by atoms with E-state index in [0.29, 0.717) is 33.8 Å². The third-order valence-electron chi connectivity index (χ3n) is 2.92. The zero-order valence-corrected chi connectivity index (χ0v) is 14.4. The van der Waals surface area contributed by atoms with Crippen molar-refractivity contribution in [1.29, 1.82) is 0 Å². The van der Waals surface area contributed by atoms with Gasteiger partial charge in [-0.25, -0.2) is 9.78 Å². The van der Waals surface area contributed by atoms with Crippen molar-refractivity contribution in [3.63, 3.8) is 0 Å². The lowest BCUT2D eigenvalue weighted by molar-refractivity contribution is -0.118. The summed E-state index contributed by atoms with van der Waals surface area (Å²) in [4.78, 5) is 28.0. The number of thiazole rings is 1. The van der Waals surface area contributed by atoms with E-state index < -0.39 is 5.97 Å². The Bertz CT molecular complexity index is 729. The van der Waals surface area contributed by atoms with Crippen LogP contribution in [0.25, 0.3) is 0 Å². The van der Waals surface area contributed by atoms with Gasteiger partial charge in [0.1, 0.15) is 4.88 Å². The molecule has 1 aromatic carbocycles. The number of para-hydroxylation sites is 2. The fraction of sp³-hybridized carbons (Fsp3) is 0.312. The molecule has 0 radical (unpaired) electrons. The summed E-state index contributed by atoms with van der Waals surface area (Å²) < 4.78 is 15.6. The van der Waals surface area contributed by atoms with Crippen LogP contribution in [0.15, 0.2) is 24.3 Å². The zero-order valence-electron chi connectivity index (χ0n) is 13.6. The van der Waals surface area contributed by atoms with Gasteiger partial charge in [-0.2, -0.15) is 0 Å². The van der Waals surface area contributed by atoms with Crippen LogP contribution in [0, 0.1) is 6.92 Å². The SMILES string of the molecule is CCOc1ccccc1OCC(=O)Nc1nc(C)c(C(=O)OC)s1. The van der Waals surface area contributed by atoms with Crippen molar-refractivity contribution in [2.24, 2.45) is 0 Å². The standard InChI is InChI=1S/C16H18N2O5S/c1-4-22-11-7-5-6-8-12(11)23-9-13(19)18-16-17-10(2)14(24-16)15(20)21-3/h5-8H,4,9H2,1-3H3,(H,17,18,19). The molecule has 1 N–H and O–H groups in total. The Hall–Kier alpha value is -2.61. The normalized spacial score (nSPS) is 10.1. The number of aromatic nitrogens is 1. The highest BCUT2D eigenvalue weighted by atomic mass is 32.1. The molecule has 1 heterocycles. The first kappa shape index (κ1) is 17.7. The molecule has 0 bridgehead atoms. The number of anilines is 1. The number of amides is 1. The number of esters is 1. The van der Waals surface area contributed by atoms with Gasteiger partial charge in [0.05, 0.1) is 19.4 Å². The molecule has 0 fully saturated rings. The van der Waals surface area contributed by atoms with Crippen molar-refractivity contribution >= 4 is 28.3 Å². The number of nitrogens with zero attached hydrogens (tertiary/aromatic N) is 1. The number of nitrogens with one attached hydrogen (secondary N) is 1. The molecular formula is C16H18N2O5S. The summed E-state index contributed by atoms with van der Waals surface area (Å²) in [5, 5.41) is 2.92. The predicted molar refractivity (Wildman–Crippen MR) is 89.9 cm³/mol. The summed E-state index contributed by atoms with van der Waals surface area (Å²) in [5.74, 6) is 0.199. The Morgan fingerprint density at radius 1 is 1.21 bits per heavy atom. The highest BCUT2D eigenvalue weighted by molar-refractivity contribution is 7.17. The maximum absolute atomic E-state index is 12.0. The van der Waals surface area contributed by atoms with E-state index >= 15 is 0 Å². The van der Waals surface area contributed by atoms with Crippen molar-refractivity contribution < 1.29 is 23.8 Å². The number of ether oxygens (including phenoxy) is 3. The Labute approximate surface area is 143 Å². The molecule has 8 heteroatoms. The minimum Gasteiger partial charge on any atom is -0.490 e. The first-order valence-electron chi connectivity index (χ1n) is 7.25. The van der Waals surface area contributed by atoms with Crippen molar-refractivity contribution in [2.75, 3.05) is 25.6 Å². The molecule has 24 heavy (non-hydrogen) atoms. The largest absolute Gasteiger partial charge is 0.490 e. The smallest absolute Gasteiger partial charge is 0.350 e. The second-order valence-electron chi connectivity index (χ2n) is 4.64. The van der Waals surface area contributed by atoms with Gasteiger partial charge in [0.2, 0.25) is 0 Å². The van der Waals surface area contributed by atoms with Gasteiger partial charge in [-0.05, 0) is 26.0 Å². The van der Waals surface area contributed by atoms with E-state index in [2.05, 4.69) is 15.0 Å². The van der Waals surface area contributed by atoms with E-state index in [-0.39, 0.29) is 12.5 Å². The van der Waals surface area contributed by atoms with E-state index in [0.717, 1.165) is 11.3 Å². The van der Waals surface area contributed by atoms with Crippen molar-refractivity contribution in [3.8, 4) is 11.5 Å². The van der Waals surface area contributed by atoms with E-state index in [9.17, 15) is 9.59 Å². The molecule has 0 unspecified atom stereocenters. The molecule has 2 aromatic rings. The number of benzene rings is 1. The second-order valence-corrected chi connectivity index (χ2v) is 5.64. The van der Waals surface area contributed by atoms with Crippen LogP contribution < -0.4 is 14.8 Å². The number of carbonyl (C=O) groups excluding carboxylic acids is 2. The molecule has 1 amide bonds. The highest BCUT2D eigenvalue weighted by Crippen LogP contribution is 2.26. The van der Waals surface area contributed by atoms with Gasteiger partial charge < -0.3 is 14.2 Å². The summed E-state index contributed by atoms with van der Waals surface area (Å²) in [6.07, 6.45) is 0. The average molecular weight is 350 g/mol. The molecule has 0 aliphatic heterocycles. The Morgan fingerprint density at radius 2 is 1.88 bits per heavy atom. The van der Waals surface area contributed by atoms with Crippen LogP contribution in [-0.2, 0) is 9.53 Å². The number of aryl methyl sites for hydroxylation is 1. The Morgan fingerprint density at radius 3 is 2.50 bits per heavy atom. The maximum Gasteiger partial charge on any atom is 0.350 e. The topological polar surface area (TPSA) is 86.8 Å². The third-order valence-corrected chi connectivity index (χ3v) is 3.97. The lowest BCUT2D eigenvalue weighted by Gasteiger charge is -2.10. The van der Waals surface area contributed by atoms with Gasteiger partial charge in [0.15, 0.2) is 23.2 Å². The van der Waals surface area contributed by atoms with Gasteiger partial charge >= 0.3 is 5.97 Å². The van der Waals surface area contributed by atoms with Crippen molar-refractivity contribution in [2.45, 2.75) is 13.8 Å². The molecule has 0 saturated carbocycles. The third kappa shape index (κ3) is 4.45. The number of methoxy groups -OCH3 is 1. The number of rotatable bonds is 7. The minimum atomic E-state index is -0.479. The lowest BCUT2D eigenvalue weighted by Crippen LogP contribution is -2.20. The van der Waals surface area contributed by atoms with Gasteiger partial charge in [-0.3, -0.25) is 10.1 Å². The van der Waals surface area contributed by atoms with E-state index in [4.69, 9.17) is 9.47 Å². The molecule has 0 saturated heterocycles. The highest BCUT2D eigenvalue weighted by Gasteiger charge is 2.17. The van der Waals surface area contributed by atoms with E-state index in [1.165, 1.54) is 7.11 Å². The first-order chi connectivity index (χ1) is 11.5. The van der Waals surface area contributed by atoms with Crippen LogP contribution >= 0.6 is 11.3 Å². The van der Waals surface area contributed by atoms with Crippen LogP contribution in [-0.4, -0.2) is 37.2 Å². The molecular weight excluding hydrogens is 332 g/mol. The van der Waals surface area contributed by atoms with Gasteiger partial charge in [-0.1, -0.05) is 23.5 Å². The summed E-state index contributed by atoms with van der Waals surface area (Å²) >= 11 is 1.06. The minimum absolute atomic E-state index is 0.198. The zero-order chi connectivity index (χ0) is 17.5. The quantitative estimate of drug-likeness (QED) is 0.773. The van der Waals surface area contributed by atoms with Gasteiger partial charge in [0.25, 0.3) is 5.91 Å². The van der Waals surface area contributed by atoms with Gasteiger partial charge in [-0.15, -0.1) is 0 Å². The van der Waals surface area contributed by atoms with Crippen LogP contribution in [0.2, 0.25) is 0 Å². The maximum atomic E-state index is 12.0. The summed E-state index contributed by atoms with van der Waals surface area (Å²) in [6, 6.07) is 7.11. The number of carbonyl (C=O) groups is 2. The molecule has 0 aliphatic rings. The van der Waals surface area contributed by atoms with Gasteiger partial charge in [0, 0.05) is 0 Å². The Kier molecular flexibility index (Phi) is 6.14. The van der Waals surface area contributed by atoms with E-state index in [1.807, 2.05) is 13.0 Å². The predicted octanol–water partition coefficient (Wildman–Crippen LogP) is 2.65. The molecule has 1 aromatic heterocycles. The number of hydrogen-bond acceptors (Lipinski definition) is 7. The van der Waals surface area contributed by atoms with Crippen LogP contribution in [0.5, 0.6) is 11.5 Å². The first-order valence-corrected chi connectivity index (χ1v) is 8.07. The average Bonchev–Trinajstić information content (AvgIpc) is 2.94. The van der Waals surface area contributed by atoms with Crippen LogP contribution in [0.4, 0.5) is 5.13 Å². The lowest BCUT2D eigenvalue weighted by atomic mass is 10.3. The molecule has 0 aliphatic carbocycles. The molecule has 0 atom stereocenters. The van der Waals surface area contributed by atoms with Crippen LogP contribution in [0.1, 0.15) is 22.3 Å². The van der Waals surface area contributed by atoms with Crippen LogP contribution in [0.3, 0.4) is 0 Å². The fourth-order valence-corrected chi connectivity index (χ4v) is 2.78. The summed E-state index contributed by atoms with van der Waals surface area (Å²) in [7, 11) is 1.30. The second kappa shape index (κ2) is 8.30. The monoisotopic (exact) mass is 350 g/mol. The molecule has 128 valence electrons.